The van der Waals surface area contributed by atoms with E-state index in [1.807, 2.05) is 12.1 Å². The maximum absolute atomic E-state index is 11.5. The van der Waals surface area contributed by atoms with Crippen molar-refractivity contribution in [3.8, 4) is 11.5 Å². The van der Waals surface area contributed by atoms with Crippen LogP contribution < -0.4 is 9.47 Å². The highest BCUT2D eigenvalue weighted by Gasteiger charge is 2.20. The van der Waals surface area contributed by atoms with E-state index in [1.165, 1.54) is 5.56 Å². The van der Waals surface area contributed by atoms with Crippen LogP contribution in [0.3, 0.4) is 0 Å². The third-order valence-electron chi connectivity index (χ3n) is 2.98. The third kappa shape index (κ3) is 1.48. The summed E-state index contributed by atoms with van der Waals surface area (Å²) >= 11 is 0. The zero-order chi connectivity index (χ0) is 10.3. The number of fused-ring (bicyclic) bond motifs is 2. The molecule has 0 saturated heterocycles. The van der Waals surface area contributed by atoms with Crippen LogP contribution in [-0.2, 0) is 17.6 Å². The smallest absolute Gasteiger partial charge is 0.231 e. The summed E-state index contributed by atoms with van der Waals surface area (Å²) in [6.07, 6.45) is 3.16. The topological polar surface area (TPSA) is 35.5 Å². The highest BCUT2D eigenvalue weighted by molar-refractivity contribution is 5.82. The number of Topliss-reactive ketones (excluding diaryl/α,β-unsaturated/α-hetero) is 1. The first-order valence-corrected chi connectivity index (χ1v) is 5.26. The molecule has 0 amide bonds. The quantitative estimate of drug-likeness (QED) is 0.605. The predicted octanol–water partition coefficient (Wildman–Crippen LogP) is 1.86. The molecule has 0 radical (unpaired) electrons. The number of hydrogen-bond acceptors (Lipinski definition) is 3. The molecule has 0 atom stereocenters. The van der Waals surface area contributed by atoms with E-state index in [9.17, 15) is 4.79 Å². The second-order valence-corrected chi connectivity index (χ2v) is 4.04. The summed E-state index contributed by atoms with van der Waals surface area (Å²) in [5.41, 5.74) is 2.35. The van der Waals surface area contributed by atoms with Crippen molar-refractivity contribution in [2.24, 2.45) is 0 Å². The number of aryl methyl sites for hydroxylation is 1. The predicted molar refractivity (Wildman–Crippen MR) is 54.2 cm³/mol. The second-order valence-electron chi connectivity index (χ2n) is 4.04. The lowest BCUT2D eigenvalue weighted by Crippen LogP contribution is -2.00. The van der Waals surface area contributed by atoms with Gasteiger partial charge in [-0.15, -0.1) is 0 Å². The van der Waals surface area contributed by atoms with Crippen molar-refractivity contribution >= 4 is 5.78 Å². The lowest BCUT2D eigenvalue weighted by Gasteiger charge is -2.06. The SMILES string of the molecule is O=C1CCCc2cc3c(cc2C1)OCO3. The highest BCUT2D eigenvalue weighted by Crippen LogP contribution is 2.36. The van der Waals surface area contributed by atoms with Crippen molar-refractivity contribution < 1.29 is 14.3 Å². The van der Waals surface area contributed by atoms with Crippen LogP contribution in [-0.4, -0.2) is 12.6 Å². The van der Waals surface area contributed by atoms with Crippen molar-refractivity contribution in [2.45, 2.75) is 25.7 Å². The molecule has 3 heteroatoms. The molecule has 78 valence electrons. The monoisotopic (exact) mass is 204 g/mol. The average molecular weight is 204 g/mol. The number of carbonyl (C=O) groups is 1. The van der Waals surface area contributed by atoms with Gasteiger partial charge in [0.15, 0.2) is 11.5 Å². The maximum Gasteiger partial charge on any atom is 0.231 e. The van der Waals surface area contributed by atoms with Gasteiger partial charge in [-0.2, -0.15) is 0 Å². The molecule has 1 heterocycles. The molecular formula is C12H12O3. The number of carbonyl (C=O) groups excluding carboxylic acids is 1. The van der Waals surface area contributed by atoms with E-state index in [0.29, 0.717) is 25.4 Å². The van der Waals surface area contributed by atoms with E-state index in [-0.39, 0.29) is 0 Å². The van der Waals surface area contributed by atoms with Crippen LogP contribution in [0.5, 0.6) is 11.5 Å². The molecule has 3 nitrogen and oxygen atoms in total. The van der Waals surface area contributed by atoms with Crippen LogP contribution in [0.15, 0.2) is 12.1 Å². The maximum atomic E-state index is 11.5. The van der Waals surface area contributed by atoms with Crippen LogP contribution in [0, 0.1) is 0 Å². The minimum absolute atomic E-state index is 0.298. The van der Waals surface area contributed by atoms with E-state index >= 15 is 0 Å². The van der Waals surface area contributed by atoms with Gasteiger partial charge in [-0.1, -0.05) is 0 Å². The number of ether oxygens (including phenoxy) is 2. The Balaban J connectivity index is 2.07. The Morgan fingerprint density at radius 1 is 1.00 bits per heavy atom. The Bertz CT molecular complexity index is 423. The van der Waals surface area contributed by atoms with Crippen LogP contribution in [0.1, 0.15) is 24.0 Å². The summed E-state index contributed by atoms with van der Waals surface area (Å²) in [4.78, 5) is 11.5. The minimum atomic E-state index is 0.298. The van der Waals surface area contributed by atoms with Crippen molar-refractivity contribution in [3.05, 3.63) is 23.3 Å². The Labute approximate surface area is 88.0 Å². The van der Waals surface area contributed by atoms with Gasteiger partial charge in [-0.3, -0.25) is 4.79 Å². The molecule has 3 rings (SSSR count). The van der Waals surface area contributed by atoms with Gasteiger partial charge in [0.05, 0.1) is 0 Å². The van der Waals surface area contributed by atoms with Crippen LogP contribution in [0.25, 0.3) is 0 Å². The number of hydrogen-bond donors (Lipinski definition) is 0. The minimum Gasteiger partial charge on any atom is -0.454 e. The Morgan fingerprint density at radius 3 is 2.53 bits per heavy atom. The van der Waals surface area contributed by atoms with Crippen molar-refractivity contribution in [2.75, 3.05) is 6.79 Å². The van der Waals surface area contributed by atoms with Gasteiger partial charge >= 0.3 is 0 Å². The first kappa shape index (κ1) is 8.77. The van der Waals surface area contributed by atoms with E-state index in [0.717, 1.165) is 29.9 Å². The fourth-order valence-electron chi connectivity index (χ4n) is 2.20. The molecule has 1 aromatic carbocycles. The van der Waals surface area contributed by atoms with Crippen molar-refractivity contribution in [3.63, 3.8) is 0 Å². The highest BCUT2D eigenvalue weighted by atomic mass is 16.7. The first-order valence-electron chi connectivity index (χ1n) is 5.26. The lowest BCUT2D eigenvalue weighted by molar-refractivity contribution is -0.118. The van der Waals surface area contributed by atoms with E-state index < -0.39 is 0 Å². The lowest BCUT2D eigenvalue weighted by atomic mass is 10.0. The number of benzene rings is 1. The standard InChI is InChI=1S/C12H12O3/c13-10-3-1-2-8-5-11-12(15-7-14-11)6-9(8)4-10/h5-6H,1-4,7H2. The fourth-order valence-corrected chi connectivity index (χ4v) is 2.20. The number of ketones is 1. The van der Waals surface area contributed by atoms with Crippen molar-refractivity contribution in [1.82, 2.24) is 0 Å². The molecule has 1 aliphatic heterocycles. The van der Waals surface area contributed by atoms with Gasteiger partial charge in [-0.25, -0.2) is 0 Å². The van der Waals surface area contributed by atoms with Crippen molar-refractivity contribution in [1.29, 1.82) is 0 Å². The summed E-state index contributed by atoms with van der Waals surface area (Å²) < 4.78 is 10.6. The molecule has 0 unspecified atom stereocenters. The third-order valence-corrected chi connectivity index (χ3v) is 2.98. The summed E-state index contributed by atoms with van der Waals surface area (Å²) in [5.74, 6) is 1.93. The summed E-state index contributed by atoms with van der Waals surface area (Å²) in [7, 11) is 0. The van der Waals surface area contributed by atoms with E-state index in [2.05, 4.69) is 0 Å². The van der Waals surface area contributed by atoms with Crippen LogP contribution in [0.2, 0.25) is 0 Å². The summed E-state index contributed by atoms with van der Waals surface area (Å²) in [6, 6.07) is 3.98. The first-order chi connectivity index (χ1) is 7.33. The van der Waals surface area contributed by atoms with Crippen LogP contribution >= 0.6 is 0 Å². The normalized spacial score (nSPS) is 18.5. The molecule has 0 aromatic heterocycles. The van der Waals surface area contributed by atoms with Crippen LogP contribution in [0.4, 0.5) is 0 Å². The van der Waals surface area contributed by atoms with E-state index in [4.69, 9.17) is 9.47 Å². The molecule has 0 saturated carbocycles. The van der Waals surface area contributed by atoms with Gasteiger partial charge in [0.1, 0.15) is 5.78 Å². The van der Waals surface area contributed by atoms with Gasteiger partial charge in [0.25, 0.3) is 0 Å². The molecule has 1 aliphatic carbocycles. The summed E-state index contributed by atoms with van der Waals surface area (Å²) in [5, 5.41) is 0. The molecule has 0 N–H and O–H groups in total. The molecule has 0 spiro atoms. The Morgan fingerprint density at radius 2 is 1.73 bits per heavy atom. The van der Waals surface area contributed by atoms with Gasteiger partial charge in [0, 0.05) is 12.8 Å². The van der Waals surface area contributed by atoms with Gasteiger partial charge in [0.2, 0.25) is 6.79 Å². The molecule has 15 heavy (non-hydrogen) atoms. The number of rotatable bonds is 0. The Hall–Kier alpha value is -1.51. The second kappa shape index (κ2) is 3.26. The molecule has 0 bridgehead atoms. The van der Waals surface area contributed by atoms with Gasteiger partial charge in [-0.05, 0) is 36.1 Å². The average Bonchev–Trinajstić information content (AvgIpc) is 2.57. The summed E-state index contributed by atoms with van der Waals surface area (Å²) in [6.45, 7) is 0.298. The fraction of sp³-hybridized carbons (Fsp3) is 0.417. The molecule has 0 fully saturated rings. The zero-order valence-corrected chi connectivity index (χ0v) is 8.41. The van der Waals surface area contributed by atoms with Gasteiger partial charge < -0.3 is 9.47 Å². The zero-order valence-electron chi connectivity index (χ0n) is 8.41. The van der Waals surface area contributed by atoms with E-state index in [1.54, 1.807) is 0 Å². The largest absolute Gasteiger partial charge is 0.454 e. The molecular weight excluding hydrogens is 192 g/mol. The molecule has 2 aliphatic rings. The Kier molecular flexibility index (Phi) is 1.91. The molecule has 1 aromatic rings.